The molecule has 0 bridgehead atoms. The molecule has 0 unspecified atom stereocenters. The van der Waals surface area contributed by atoms with Crippen LogP contribution in [0.2, 0.25) is 0 Å². The van der Waals surface area contributed by atoms with Crippen molar-refractivity contribution >= 4 is 5.97 Å². The molecule has 0 heterocycles. The van der Waals surface area contributed by atoms with Crippen LogP contribution in [-0.4, -0.2) is 17.2 Å². The molecule has 0 aliphatic heterocycles. The molecule has 14 heavy (non-hydrogen) atoms. The van der Waals surface area contributed by atoms with E-state index in [-0.39, 0.29) is 5.92 Å². The molecule has 1 aromatic rings. The summed E-state index contributed by atoms with van der Waals surface area (Å²) < 4.78 is 13.2. The van der Waals surface area contributed by atoms with E-state index in [2.05, 4.69) is 0 Å². The number of alkyl halides is 1. The molecule has 1 aromatic carbocycles. The Bertz CT molecular complexity index is 337. The largest absolute Gasteiger partial charge is 0.479 e. The topological polar surface area (TPSA) is 37.3 Å². The van der Waals surface area contributed by atoms with E-state index < -0.39 is 12.1 Å². The van der Waals surface area contributed by atoms with Crippen LogP contribution in [0.5, 0.6) is 0 Å². The Balaban J connectivity index is 2.15. The van der Waals surface area contributed by atoms with Crippen LogP contribution in [-0.2, 0) is 17.6 Å². The number of carbonyl (C=O) groups is 1. The third-order valence-electron chi connectivity index (χ3n) is 2.73. The van der Waals surface area contributed by atoms with E-state index in [0.717, 1.165) is 11.1 Å². The standard InChI is InChI=1S/C11H11FO2/c12-10(11(13)14)9-5-7-3-1-2-4-8(7)6-9/h1-4,9-10H,5-6H2,(H,13,14)/t10-/m0/s1. The van der Waals surface area contributed by atoms with Gasteiger partial charge in [-0.1, -0.05) is 24.3 Å². The Labute approximate surface area is 81.4 Å². The van der Waals surface area contributed by atoms with Crippen LogP contribution in [0.4, 0.5) is 4.39 Å². The van der Waals surface area contributed by atoms with E-state index in [0.29, 0.717) is 12.8 Å². The summed E-state index contributed by atoms with van der Waals surface area (Å²) in [5, 5.41) is 8.55. The predicted molar refractivity (Wildman–Crippen MR) is 49.9 cm³/mol. The average Bonchev–Trinajstić information content (AvgIpc) is 2.59. The summed E-state index contributed by atoms with van der Waals surface area (Å²) in [6.07, 6.45) is -0.643. The molecule has 1 N–H and O–H groups in total. The van der Waals surface area contributed by atoms with Gasteiger partial charge in [0.05, 0.1) is 0 Å². The van der Waals surface area contributed by atoms with E-state index in [1.54, 1.807) is 0 Å². The van der Waals surface area contributed by atoms with Gasteiger partial charge in [0.25, 0.3) is 0 Å². The predicted octanol–water partition coefficient (Wildman–Crippen LogP) is 1.82. The molecule has 1 aliphatic rings. The Morgan fingerprint density at radius 2 is 1.86 bits per heavy atom. The van der Waals surface area contributed by atoms with Gasteiger partial charge in [0, 0.05) is 5.92 Å². The van der Waals surface area contributed by atoms with Gasteiger partial charge in [0.1, 0.15) is 0 Å². The highest BCUT2D eigenvalue weighted by molar-refractivity contribution is 5.72. The second-order valence-electron chi connectivity index (χ2n) is 3.68. The first-order valence-corrected chi connectivity index (χ1v) is 4.62. The number of carboxylic acids is 1. The second kappa shape index (κ2) is 3.40. The number of halogens is 1. The van der Waals surface area contributed by atoms with Crippen molar-refractivity contribution in [3.05, 3.63) is 35.4 Å². The number of hydrogen-bond donors (Lipinski definition) is 1. The Morgan fingerprint density at radius 3 is 2.29 bits per heavy atom. The summed E-state index contributed by atoms with van der Waals surface area (Å²) >= 11 is 0. The van der Waals surface area contributed by atoms with Crippen LogP contribution >= 0.6 is 0 Å². The summed E-state index contributed by atoms with van der Waals surface area (Å²) in [4.78, 5) is 10.5. The monoisotopic (exact) mass is 194 g/mol. The normalized spacial score (nSPS) is 17.8. The van der Waals surface area contributed by atoms with Crippen LogP contribution in [0, 0.1) is 5.92 Å². The lowest BCUT2D eigenvalue weighted by molar-refractivity contribution is -0.144. The van der Waals surface area contributed by atoms with Gasteiger partial charge in [0.15, 0.2) is 0 Å². The van der Waals surface area contributed by atoms with Crippen molar-refractivity contribution in [2.45, 2.75) is 19.0 Å². The van der Waals surface area contributed by atoms with Crippen molar-refractivity contribution in [1.29, 1.82) is 0 Å². The molecule has 2 nitrogen and oxygen atoms in total. The van der Waals surface area contributed by atoms with Crippen molar-refractivity contribution < 1.29 is 14.3 Å². The fraction of sp³-hybridized carbons (Fsp3) is 0.364. The molecule has 1 atom stereocenters. The highest BCUT2D eigenvalue weighted by Crippen LogP contribution is 2.29. The lowest BCUT2D eigenvalue weighted by Crippen LogP contribution is -2.25. The molecule has 0 fully saturated rings. The van der Waals surface area contributed by atoms with Crippen LogP contribution in [0.3, 0.4) is 0 Å². The highest BCUT2D eigenvalue weighted by Gasteiger charge is 2.32. The molecular weight excluding hydrogens is 183 g/mol. The Morgan fingerprint density at radius 1 is 1.36 bits per heavy atom. The van der Waals surface area contributed by atoms with Gasteiger partial charge >= 0.3 is 5.97 Å². The van der Waals surface area contributed by atoms with E-state index >= 15 is 0 Å². The maximum absolute atomic E-state index is 13.2. The molecule has 2 rings (SSSR count). The smallest absolute Gasteiger partial charge is 0.338 e. The lowest BCUT2D eigenvalue weighted by atomic mass is 10.0. The van der Waals surface area contributed by atoms with E-state index in [4.69, 9.17) is 5.11 Å². The van der Waals surface area contributed by atoms with Gasteiger partial charge in [-0.2, -0.15) is 0 Å². The SMILES string of the molecule is O=C(O)[C@@H](F)C1Cc2ccccc2C1. The molecule has 3 heteroatoms. The summed E-state index contributed by atoms with van der Waals surface area (Å²) in [6, 6.07) is 7.66. The van der Waals surface area contributed by atoms with Crippen LogP contribution in [0.1, 0.15) is 11.1 Å². The maximum atomic E-state index is 13.2. The molecule has 0 spiro atoms. The zero-order valence-electron chi connectivity index (χ0n) is 7.61. The summed E-state index contributed by atoms with van der Waals surface area (Å²) in [6.45, 7) is 0. The molecule has 0 saturated heterocycles. The minimum absolute atomic E-state index is 0.384. The number of benzene rings is 1. The molecule has 0 aromatic heterocycles. The molecule has 0 amide bonds. The van der Waals surface area contributed by atoms with E-state index in [1.165, 1.54) is 0 Å². The van der Waals surface area contributed by atoms with Crippen molar-refractivity contribution in [3.63, 3.8) is 0 Å². The molecule has 74 valence electrons. The highest BCUT2D eigenvalue weighted by atomic mass is 19.1. The van der Waals surface area contributed by atoms with Crippen molar-refractivity contribution in [2.75, 3.05) is 0 Å². The Kier molecular flexibility index (Phi) is 2.23. The van der Waals surface area contributed by atoms with Gasteiger partial charge in [-0.15, -0.1) is 0 Å². The van der Waals surface area contributed by atoms with Gasteiger partial charge < -0.3 is 5.11 Å². The van der Waals surface area contributed by atoms with Crippen molar-refractivity contribution in [3.8, 4) is 0 Å². The third kappa shape index (κ3) is 1.50. The van der Waals surface area contributed by atoms with Crippen molar-refractivity contribution in [2.24, 2.45) is 5.92 Å². The maximum Gasteiger partial charge on any atom is 0.338 e. The second-order valence-corrected chi connectivity index (χ2v) is 3.68. The molecular formula is C11H11FO2. The quantitative estimate of drug-likeness (QED) is 0.779. The number of rotatable bonds is 2. The lowest BCUT2D eigenvalue weighted by Gasteiger charge is -2.09. The fourth-order valence-electron chi connectivity index (χ4n) is 2.00. The van der Waals surface area contributed by atoms with Crippen molar-refractivity contribution in [1.82, 2.24) is 0 Å². The Hall–Kier alpha value is -1.38. The third-order valence-corrected chi connectivity index (χ3v) is 2.73. The van der Waals surface area contributed by atoms with E-state index in [1.807, 2.05) is 24.3 Å². The van der Waals surface area contributed by atoms with Gasteiger partial charge in [-0.3, -0.25) is 0 Å². The number of aliphatic carboxylic acids is 1. The fourth-order valence-corrected chi connectivity index (χ4v) is 2.00. The first-order chi connectivity index (χ1) is 6.68. The summed E-state index contributed by atoms with van der Waals surface area (Å²) in [5.41, 5.74) is 2.17. The van der Waals surface area contributed by atoms with E-state index in [9.17, 15) is 9.18 Å². The summed E-state index contributed by atoms with van der Waals surface area (Å²) in [7, 11) is 0. The number of carboxylic acid groups (broad SMARTS) is 1. The summed E-state index contributed by atoms with van der Waals surface area (Å²) in [5.74, 6) is -1.73. The molecule has 0 radical (unpaired) electrons. The minimum Gasteiger partial charge on any atom is -0.479 e. The van der Waals surface area contributed by atoms with Gasteiger partial charge in [0.2, 0.25) is 6.17 Å². The zero-order chi connectivity index (χ0) is 10.1. The van der Waals surface area contributed by atoms with Crippen LogP contribution in [0.25, 0.3) is 0 Å². The zero-order valence-corrected chi connectivity index (χ0v) is 7.61. The molecule has 0 saturated carbocycles. The van der Waals surface area contributed by atoms with Gasteiger partial charge in [-0.05, 0) is 24.0 Å². The first-order valence-electron chi connectivity index (χ1n) is 4.62. The number of fused-ring (bicyclic) bond motifs is 1. The van der Waals surface area contributed by atoms with Crippen LogP contribution < -0.4 is 0 Å². The average molecular weight is 194 g/mol. The number of hydrogen-bond acceptors (Lipinski definition) is 1. The first kappa shape index (κ1) is 9.19. The van der Waals surface area contributed by atoms with Gasteiger partial charge in [-0.25, -0.2) is 9.18 Å². The minimum atomic E-state index is -1.73. The van der Waals surface area contributed by atoms with Crippen LogP contribution in [0.15, 0.2) is 24.3 Å². The molecule has 1 aliphatic carbocycles.